The Morgan fingerprint density at radius 2 is 1.54 bits per heavy atom. The first kappa shape index (κ1) is 10.1. The van der Waals surface area contributed by atoms with Gasteiger partial charge >= 0.3 is 0 Å². The van der Waals surface area contributed by atoms with Gasteiger partial charge in [0, 0.05) is 12.0 Å². The predicted molar refractivity (Wildman–Crippen MR) is 46.5 cm³/mol. The van der Waals surface area contributed by atoms with E-state index in [1.165, 1.54) is 12.1 Å². The minimum absolute atomic E-state index is 0.259. The number of hydrogen-bond donors (Lipinski definition) is 1. The van der Waals surface area contributed by atoms with E-state index in [1.807, 2.05) is 0 Å². The van der Waals surface area contributed by atoms with Gasteiger partial charge in [0.2, 0.25) is 0 Å². The van der Waals surface area contributed by atoms with E-state index >= 15 is 0 Å². The molecular weight excluding hydrogens is 174 g/mol. The van der Waals surface area contributed by atoms with Crippen molar-refractivity contribution in [2.75, 3.05) is 0 Å². The molecule has 1 aromatic rings. The molecule has 2 unspecified atom stereocenters. The Hall–Kier alpha value is -0.960. The van der Waals surface area contributed by atoms with E-state index in [4.69, 9.17) is 0 Å². The highest BCUT2D eigenvalue weighted by Gasteiger charge is 2.13. The van der Waals surface area contributed by atoms with Crippen LogP contribution in [0, 0.1) is 11.6 Å². The first-order valence-corrected chi connectivity index (χ1v) is 4.14. The van der Waals surface area contributed by atoms with Gasteiger partial charge in [-0.15, -0.1) is 0 Å². The summed E-state index contributed by atoms with van der Waals surface area (Å²) in [6.07, 6.45) is -0.610. The summed E-state index contributed by atoms with van der Waals surface area (Å²) in [5.41, 5.74) is 0.479. The molecule has 0 heterocycles. The maximum atomic E-state index is 12.7. The van der Waals surface area contributed by atoms with Crippen LogP contribution in [0.15, 0.2) is 18.2 Å². The molecule has 72 valence electrons. The van der Waals surface area contributed by atoms with E-state index in [1.54, 1.807) is 13.8 Å². The maximum Gasteiger partial charge on any atom is 0.126 e. The second kappa shape index (κ2) is 3.83. The van der Waals surface area contributed by atoms with Gasteiger partial charge in [0.1, 0.15) is 11.6 Å². The summed E-state index contributed by atoms with van der Waals surface area (Å²) in [4.78, 5) is 0. The molecule has 1 nitrogen and oxygen atoms in total. The van der Waals surface area contributed by atoms with Gasteiger partial charge in [-0.2, -0.15) is 0 Å². The fourth-order valence-corrected chi connectivity index (χ4v) is 1.12. The van der Waals surface area contributed by atoms with Gasteiger partial charge in [0.05, 0.1) is 6.10 Å². The van der Waals surface area contributed by atoms with E-state index < -0.39 is 17.7 Å². The van der Waals surface area contributed by atoms with Gasteiger partial charge in [0.25, 0.3) is 0 Å². The molecule has 0 aromatic heterocycles. The quantitative estimate of drug-likeness (QED) is 0.752. The second-order valence-electron chi connectivity index (χ2n) is 3.23. The molecule has 1 rings (SSSR count). The van der Waals surface area contributed by atoms with Crippen LogP contribution in [0.3, 0.4) is 0 Å². The summed E-state index contributed by atoms with van der Waals surface area (Å²) in [7, 11) is 0. The number of aliphatic hydroxyl groups is 1. The molecule has 0 radical (unpaired) electrons. The van der Waals surface area contributed by atoms with E-state index in [-0.39, 0.29) is 5.92 Å². The molecule has 0 aliphatic heterocycles. The van der Waals surface area contributed by atoms with Crippen LogP contribution in [0.2, 0.25) is 0 Å². The molecule has 0 saturated carbocycles. The summed E-state index contributed by atoms with van der Waals surface area (Å²) in [6.45, 7) is 3.31. The molecule has 1 aromatic carbocycles. The Morgan fingerprint density at radius 1 is 1.08 bits per heavy atom. The molecule has 0 saturated heterocycles. The number of rotatable bonds is 2. The van der Waals surface area contributed by atoms with Gasteiger partial charge < -0.3 is 5.11 Å². The van der Waals surface area contributed by atoms with Crippen LogP contribution in [0.4, 0.5) is 8.78 Å². The Balaban J connectivity index is 3.01. The molecule has 0 amide bonds. The molecule has 0 bridgehead atoms. The lowest BCUT2D eigenvalue weighted by molar-refractivity contribution is 0.168. The predicted octanol–water partition coefficient (Wildman–Crippen LogP) is 2.45. The lowest BCUT2D eigenvalue weighted by Crippen LogP contribution is -2.11. The van der Waals surface area contributed by atoms with Crippen molar-refractivity contribution in [1.82, 2.24) is 0 Å². The van der Waals surface area contributed by atoms with Crippen molar-refractivity contribution < 1.29 is 13.9 Å². The molecule has 0 fully saturated rings. The van der Waals surface area contributed by atoms with Gasteiger partial charge in [0.15, 0.2) is 0 Å². The first-order chi connectivity index (χ1) is 6.00. The largest absolute Gasteiger partial charge is 0.393 e. The van der Waals surface area contributed by atoms with Gasteiger partial charge in [-0.3, -0.25) is 0 Å². The standard InChI is InChI=1S/C10H12F2O/c1-6(7(2)13)8-3-9(11)5-10(12)4-8/h3-7,13H,1-2H3. The molecular formula is C10H12F2O. The van der Waals surface area contributed by atoms with Gasteiger partial charge in [-0.05, 0) is 24.6 Å². The van der Waals surface area contributed by atoms with Crippen LogP contribution in [0.5, 0.6) is 0 Å². The smallest absolute Gasteiger partial charge is 0.126 e. The molecule has 0 aliphatic rings. The zero-order chi connectivity index (χ0) is 10.0. The third kappa shape index (κ3) is 2.49. The number of hydrogen-bond acceptors (Lipinski definition) is 1. The molecule has 3 heteroatoms. The van der Waals surface area contributed by atoms with Gasteiger partial charge in [-0.25, -0.2) is 8.78 Å². The van der Waals surface area contributed by atoms with Crippen molar-refractivity contribution >= 4 is 0 Å². The molecule has 1 N–H and O–H groups in total. The van der Waals surface area contributed by atoms with Crippen molar-refractivity contribution in [2.45, 2.75) is 25.9 Å². The Labute approximate surface area is 76.0 Å². The third-order valence-corrected chi connectivity index (χ3v) is 2.13. The topological polar surface area (TPSA) is 20.2 Å². The van der Waals surface area contributed by atoms with Crippen molar-refractivity contribution in [2.24, 2.45) is 0 Å². The minimum Gasteiger partial charge on any atom is -0.393 e. The van der Waals surface area contributed by atoms with E-state index in [2.05, 4.69) is 0 Å². The monoisotopic (exact) mass is 186 g/mol. The van der Waals surface area contributed by atoms with Crippen molar-refractivity contribution in [3.63, 3.8) is 0 Å². The zero-order valence-electron chi connectivity index (χ0n) is 7.59. The zero-order valence-corrected chi connectivity index (χ0v) is 7.59. The van der Waals surface area contributed by atoms with E-state index in [9.17, 15) is 13.9 Å². The van der Waals surface area contributed by atoms with Crippen LogP contribution in [0.1, 0.15) is 25.3 Å². The average Bonchev–Trinajstić information content (AvgIpc) is 2.01. The summed E-state index contributed by atoms with van der Waals surface area (Å²) in [5.74, 6) is -1.48. The first-order valence-electron chi connectivity index (χ1n) is 4.14. The Kier molecular flexibility index (Phi) is 2.98. The van der Waals surface area contributed by atoms with Crippen LogP contribution < -0.4 is 0 Å². The van der Waals surface area contributed by atoms with E-state index in [0.29, 0.717) is 5.56 Å². The maximum absolute atomic E-state index is 12.7. The number of halogens is 2. The SMILES string of the molecule is CC(O)C(C)c1cc(F)cc(F)c1. The highest BCUT2D eigenvalue weighted by atomic mass is 19.1. The van der Waals surface area contributed by atoms with Crippen molar-refractivity contribution in [3.05, 3.63) is 35.4 Å². The Bertz CT molecular complexity index is 277. The summed E-state index contributed by atoms with van der Waals surface area (Å²) in [5, 5.41) is 9.21. The van der Waals surface area contributed by atoms with Crippen LogP contribution in [-0.2, 0) is 0 Å². The number of benzene rings is 1. The minimum atomic E-state index is -0.610. The highest BCUT2D eigenvalue weighted by molar-refractivity contribution is 5.22. The normalized spacial score (nSPS) is 15.5. The fraction of sp³-hybridized carbons (Fsp3) is 0.400. The van der Waals surface area contributed by atoms with Crippen molar-refractivity contribution in [1.29, 1.82) is 0 Å². The average molecular weight is 186 g/mol. The Morgan fingerprint density at radius 3 is 1.92 bits per heavy atom. The molecule has 2 atom stereocenters. The fourth-order valence-electron chi connectivity index (χ4n) is 1.12. The van der Waals surface area contributed by atoms with Gasteiger partial charge in [-0.1, -0.05) is 6.92 Å². The van der Waals surface area contributed by atoms with Crippen LogP contribution in [-0.4, -0.2) is 11.2 Å². The lowest BCUT2D eigenvalue weighted by Gasteiger charge is -2.14. The van der Waals surface area contributed by atoms with Crippen LogP contribution in [0.25, 0.3) is 0 Å². The summed E-state index contributed by atoms with van der Waals surface area (Å²) >= 11 is 0. The molecule has 0 aliphatic carbocycles. The van der Waals surface area contributed by atoms with Crippen molar-refractivity contribution in [3.8, 4) is 0 Å². The highest BCUT2D eigenvalue weighted by Crippen LogP contribution is 2.20. The number of aliphatic hydroxyl groups excluding tert-OH is 1. The lowest BCUT2D eigenvalue weighted by atomic mass is 9.96. The summed E-state index contributed by atoms with van der Waals surface area (Å²) < 4.78 is 25.5. The second-order valence-corrected chi connectivity index (χ2v) is 3.23. The molecule has 13 heavy (non-hydrogen) atoms. The third-order valence-electron chi connectivity index (χ3n) is 2.13. The van der Waals surface area contributed by atoms with E-state index in [0.717, 1.165) is 6.07 Å². The van der Waals surface area contributed by atoms with Crippen LogP contribution >= 0.6 is 0 Å². The molecule has 0 spiro atoms. The summed E-state index contributed by atoms with van der Waals surface area (Å²) in [6, 6.07) is 3.29.